The predicted molar refractivity (Wildman–Crippen MR) is 73.1 cm³/mol. The van der Waals surface area contributed by atoms with Crippen LogP contribution in [0, 0.1) is 11.6 Å². The second-order valence-electron chi connectivity index (χ2n) is 3.86. The maximum Gasteiger partial charge on any atom is 0.259 e. The first kappa shape index (κ1) is 14.2. The Hall–Kier alpha value is -2.21. The number of anilines is 2. The number of halogens is 3. The molecule has 0 bridgehead atoms. The summed E-state index contributed by atoms with van der Waals surface area (Å²) in [4.78, 5) is 15.8. The summed E-state index contributed by atoms with van der Waals surface area (Å²) in [5, 5.41) is 4.86. The smallest absolute Gasteiger partial charge is 0.259 e. The minimum Gasteiger partial charge on any atom is -0.372 e. The number of rotatable bonds is 3. The number of amides is 1. The number of hydrogen-bond donors (Lipinski definition) is 2. The first-order valence-corrected chi connectivity index (χ1v) is 5.99. The van der Waals surface area contributed by atoms with Crippen molar-refractivity contribution in [3.05, 3.63) is 52.7 Å². The zero-order valence-electron chi connectivity index (χ0n) is 10.4. The Kier molecular flexibility index (Phi) is 4.14. The topological polar surface area (TPSA) is 54.0 Å². The van der Waals surface area contributed by atoms with E-state index < -0.39 is 17.5 Å². The van der Waals surface area contributed by atoms with Gasteiger partial charge in [-0.3, -0.25) is 4.79 Å². The van der Waals surface area contributed by atoms with Crippen molar-refractivity contribution in [2.75, 3.05) is 17.7 Å². The van der Waals surface area contributed by atoms with Gasteiger partial charge in [0, 0.05) is 7.05 Å². The number of hydrogen-bond acceptors (Lipinski definition) is 3. The van der Waals surface area contributed by atoms with Crippen LogP contribution in [0.3, 0.4) is 0 Å². The van der Waals surface area contributed by atoms with Crippen molar-refractivity contribution in [2.24, 2.45) is 0 Å². The van der Waals surface area contributed by atoms with Crippen LogP contribution in [0.4, 0.5) is 20.3 Å². The average molecular weight is 298 g/mol. The molecule has 0 aliphatic rings. The van der Waals surface area contributed by atoms with Crippen LogP contribution in [-0.2, 0) is 0 Å². The summed E-state index contributed by atoms with van der Waals surface area (Å²) in [6.45, 7) is 0. The highest BCUT2D eigenvalue weighted by Gasteiger charge is 2.16. The standard InChI is InChI=1S/C13H10ClF2N3O/c1-17-12-8(5-7(15)6-18-12)13(20)19-10-4-2-3-9(14)11(10)16/h2-6H,1H3,(H,17,18)(H,19,20). The first-order chi connectivity index (χ1) is 9.52. The van der Waals surface area contributed by atoms with Gasteiger partial charge in [-0.05, 0) is 18.2 Å². The lowest BCUT2D eigenvalue weighted by molar-refractivity contribution is 0.102. The summed E-state index contributed by atoms with van der Waals surface area (Å²) in [6, 6.07) is 5.21. The Bertz CT molecular complexity index is 664. The second-order valence-corrected chi connectivity index (χ2v) is 4.26. The quantitative estimate of drug-likeness (QED) is 0.914. The maximum absolute atomic E-state index is 13.7. The molecule has 0 radical (unpaired) electrons. The molecular formula is C13H10ClF2N3O. The van der Waals surface area contributed by atoms with Crippen LogP contribution in [0.1, 0.15) is 10.4 Å². The average Bonchev–Trinajstić information content (AvgIpc) is 2.43. The van der Waals surface area contributed by atoms with Crippen molar-refractivity contribution in [3.8, 4) is 0 Å². The van der Waals surface area contributed by atoms with E-state index in [9.17, 15) is 13.6 Å². The minimum atomic E-state index is -0.752. The summed E-state index contributed by atoms with van der Waals surface area (Å²) in [7, 11) is 1.54. The van der Waals surface area contributed by atoms with E-state index in [0.29, 0.717) is 0 Å². The number of benzene rings is 1. The summed E-state index contributed by atoms with van der Waals surface area (Å²) in [5.74, 6) is -1.92. The third kappa shape index (κ3) is 2.85. The summed E-state index contributed by atoms with van der Waals surface area (Å²) in [6.07, 6.45) is 0.975. The van der Waals surface area contributed by atoms with Crippen molar-refractivity contribution in [3.63, 3.8) is 0 Å². The van der Waals surface area contributed by atoms with Gasteiger partial charge in [-0.15, -0.1) is 0 Å². The fraction of sp³-hybridized carbons (Fsp3) is 0.0769. The minimum absolute atomic E-state index is 0.0353. The van der Waals surface area contributed by atoms with Gasteiger partial charge in [-0.2, -0.15) is 0 Å². The van der Waals surface area contributed by atoms with E-state index in [4.69, 9.17) is 11.6 Å². The van der Waals surface area contributed by atoms with Crippen LogP contribution >= 0.6 is 11.6 Å². The first-order valence-electron chi connectivity index (χ1n) is 5.61. The van der Waals surface area contributed by atoms with Crippen molar-refractivity contribution in [2.45, 2.75) is 0 Å². The zero-order valence-corrected chi connectivity index (χ0v) is 11.1. The molecule has 1 amide bonds. The highest BCUT2D eigenvalue weighted by Crippen LogP contribution is 2.23. The van der Waals surface area contributed by atoms with E-state index in [1.165, 1.54) is 25.2 Å². The van der Waals surface area contributed by atoms with Crippen LogP contribution in [-0.4, -0.2) is 17.9 Å². The lowest BCUT2D eigenvalue weighted by Gasteiger charge is -2.10. The van der Waals surface area contributed by atoms with Gasteiger partial charge in [0.2, 0.25) is 0 Å². The van der Waals surface area contributed by atoms with E-state index in [0.717, 1.165) is 12.3 Å². The number of carbonyl (C=O) groups excluding carboxylic acids is 1. The Morgan fingerprint density at radius 1 is 1.35 bits per heavy atom. The summed E-state index contributed by atoms with van der Waals surface area (Å²) >= 11 is 5.62. The Morgan fingerprint density at radius 2 is 2.10 bits per heavy atom. The Morgan fingerprint density at radius 3 is 2.80 bits per heavy atom. The van der Waals surface area contributed by atoms with Crippen molar-refractivity contribution < 1.29 is 13.6 Å². The molecule has 1 aromatic carbocycles. The van der Waals surface area contributed by atoms with Crippen LogP contribution in [0.25, 0.3) is 0 Å². The van der Waals surface area contributed by atoms with Gasteiger partial charge < -0.3 is 10.6 Å². The molecule has 2 aromatic rings. The third-order valence-corrected chi connectivity index (χ3v) is 2.83. The predicted octanol–water partition coefficient (Wildman–Crippen LogP) is 3.31. The number of pyridine rings is 1. The van der Waals surface area contributed by atoms with Crippen LogP contribution < -0.4 is 10.6 Å². The SMILES string of the molecule is CNc1ncc(F)cc1C(=O)Nc1cccc(Cl)c1F. The molecule has 0 aliphatic heterocycles. The molecule has 4 nitrogen and oxygen atoms in total. The van der Waals surface area contributed by atoms with E-state index in [-0.39, 0.29) is 22.1 Å². The molecule has 0 saturated carbocycles. The van der Waals surface area contributed by atoms with E-state index in [1.807, 2.05) is 0 Å². The normalized spacial score (nSPS) is 10.2. The second kappa shape index (κ2) is 5.83. The van der Waals surface area contributed by atoms with Crippen LogP contribution in [0.15, 0.2) is 30.5 Å². The molecule has 1 heterocycles. The Labute approximate surface area is 118 Å². The number of carbonyl (C=O) groups is 1. The molecule has 0 aliphatic carbocycles. The molecule has 7 heteroatoms. The molecule has 0 saturated heterocycles. The van der Waals surface area contributed by atoms with Gasteiger partial charge >= 0.3 is 0 Å². The maximum atomic E-state index is 13.7. The lowest BCUT2D eigenvalue weighted by Crippen LogP contribution is -2.16. The molecule has 0 unspecified atom stereocenters. The highest BCUT2D eigenvalue weighted by atomic mass is 35.5. The fourth-order valence-electron chi connectivity index (χ4n) is 1.60. The van der Waals surface area contributed by atoms with Gasteiger partial charge in [-0.25, -0.2) is 13.8 Å². The van der Waals surface area contributed by atoms with E-state index in [2.05, 4.69) is 15.6 Å². The van der Waals surface area contributed by atoms with E-state index in [1.54, 1.807) is 0 Å². The molecule has 0 fully saturated rings. The fourth-order valence-corrected chi connectivity index (χ4v) is 1.78. The molecule has 0 atom stereocenters. The van der Waals surface area contributed by atoms with Crippen molar-refractivity contribution in [1.82, 2.24) is 4.98 Å². The third-order valence-electron chi connectivity index (χ3n) is 2.54. The van der Waals surface area contributed by atoms with Crippen LogP contribution in [0.2, 0.25) is 5.02 Å². The van der Waals surface area contributed by atoms with Crippen LogP contribution in [0.5, 0.6) is 0 Å². The van der Waals surface area contributed by atoms with Gasteiger partial charge in [0.25, 0.3) is 5.91 Å². The number of nitrogens with one attached hydrogen (secondary N) is 2. The molecule has 0 spiro atoms. The number of nitrogens with zero attached hydrogens (tertiary/aromatic N) is 1. The van der Waals surface area contributed by atoms with Crippen molar-refractivity contribution in [1.29, 1.82) is 0 Å². The molecule has 2 rings (SSSR count). The summed E-state index contributed by atoms with van der Waals surface area (Å²) in [5.41, 5.74) is -0.124. The lowest BCUT2D eigenvalue weighted by atomic mass is 10.2. The molecule has 20 heavy (non-hydrogen) atoms. The molecule has 2 N–H and O–H groups in total. The van der Waals surface area contributed by atoms with E-state index >= 15 is 0 Å². The van der Waals surface area contributed by atoms with Crippen molar-refractivity contribution >= 4 is 29.0 Å². The van der Waals surface area contributed by atoms with Gasteiger partial charge in [0.1, 0.15) is 11.6 Å². The number of aromatic nitrogens is 1. The van der Waals surface area contributed by atoms with Gasteiger partial charge in [0.05, 0.1) is 22.5 Å². The summed E-state index contributed by atoms with van der Waals surface area (Å²) < 4.78 is 26.8. The zero-order chi connectivity index (χ0) is 14.7. The molecule has 104 valence electrons. The monoisotopic (exact) mass is 297 g/mol. The van der Waals surface area contributed by atoms with Gasteiger partial charge in [0.15, 0.2) is 5.82 Å². The highest BCUT2D eigenvalue weighted by molar-refractivity contribution is 6.31. The molecular weight excluding hydrogens is 288 g/mol. The Balaban J connectivity index is 2.33. The van der Waals surface area contributed by atoms with Gasteiger partial charge in [-0.1, -0.05) is 17.7 Å². The largest absolute Gasteiger partial charge is 0.372 e. The molecule has 1 aromatic heterocycles.